The number of hydrogen-bond donors (Lipinski definition) is 1. The molecule has 3 rings (SSSR count). The largest absolute Gasteiger partial charge is 0.381 e. The van der Waals surface area contributed by atoms with Crippen molar-refractivity contribution < 1.29 is 4.74 Å². The Morgan fingerprint density at radius 2 is 2.00 bits per heavy atom. The van der Waals surface area contributed by atoms with Gasteiger partial charge in [-0.3, -0.25) is 0 Å². The highest BCUT2D eigenvalue weighted by Gasteiger charge is 2.31. The quantitative estimate of drug-likeness (QED) is 0.890. The Bertz CT molecular complexity index is 445. The predicted molar refractivity (Wildman–Crippen MR) is 91.0 cm³/mol. The van der Waals surface area contributed by atoms with Crippen LogP contribution >= 0.6 is 11.8 Å². The average Bonchev–Trinajstić information content (AvgIpc) is 2.55. The van der Waals surface area contributed by atoms with Crippen molar-refractivity contribution in [1.82, 2.24) is 5.32 Å². The highest BCUT2D eigenvalue weighted by molar-refractivity contribution is 8.00. The number of aryl methyl sites for hydroxylation is 1. The molecular formula is C18H27NOS. The number of thioether (sulfide) groups is 1. The highest BCUT2D eigenvalue weighted by atomic mass is 32.2. The summed E-state index contributed by atoms with van der Waals surface area (Å²) in [5, 5.41) is 5.32. The molecule has 2 atom stereocenters. The summed E-state index contributed by atoms with van der Waals surface area (Å²) in [5.74, 6) is 0. The summed E-state index contributed by atoms with van der Waals surface area (Å²) in [6.45, 7) is 5.27. The van der Waals surface area contributed by atoms with Crippen molar-refractivity contribution in [3.63, 3.8) is 0 Å². The molecule has 2 nitrogen and oxygen atoms in total. The van der Waals surface area contributed by atoms with Gasteiger partial charge in [0.2, 0.25) is 0 Å². The first kappa shape index (κ1) is 15.4. The van der Waals surface area contributed by atoms with E-state index in [-0.39, 0.29) is 0 Å². The van der Waals surface area contributed by atoms with E-state index < -0.39 is 0 Å². The maximum absolute atomic E-state index is 5.51. The van der Waals surface area contributed by atoms with Crippen LogP contribution in [-0.4, -0.2) is 30.3 Å². The fourth-order valence-electron chi connectivity index (χ4n) is 3.48. The molecule has 1 saturated heterocycles. The molecule has 1 heterocycles. The average molecular weight is 305 g/mol. The van der Waals surface area contributed by atoms with Crippen LogP contribution in [0.15, 0.2) is 24.3 Å². The van der Waals surface area contributed by atoms with Gasteiger partial charge < -0.3 is 10.1 Å². The van der Waals surface area contributed by atoms with Gasteiger partial charge in [0.15, 0.2) is 0 Å². The van der Waals surface area contributed by atoms with Gasteiger partial charge in [0.05, 0.1) is 0 Å². The monoisotopic (exact) mass is 305 g/mol. The van der Waals surface area contributed by atoms with Gasteiger partial charge in [0.1, 0.15) is 0 Å². The molecule has 3 heteroatoms. The van der Waals surface area contributed by atoms with Crippen LogP contribution in [0, 0.1) is 0 Å². The van der Waals surface area contributed by atoms with E-state index in [1.807, 2.05) is 0 Å². The lowest BCUT2D eigenvalue weighted by Crippen LogP contribution is -2.36. The Kier molecular flexibility index (Phi) is 5.61. The van der Waals surface area contributed by atoms with Crippen LogP contribution in [-0.2, 0) is 11.2 Å². The lowest BCUT2D eigenvalue weighted by atomic mass is 9.87. The molecule has 0 amide bonds. The van der Waals surface area contributed by atoms with Crippen LogP contribution in [0.3, 0.4) is 0 Å². The molecule has 1 aliphatic carbocycles. The standard InChI is InChI=1S/C18H27NOS/c1-2-11-19-18-16-6-4-3-5-14(16)7-8-17(18)21-15-9-12-20-13-10-15/h3-6,15,17-19H,2,7-13H2,1H3. The maximum atomic E-state index is 5.51. The lowest BCUT2D eigenvalue weighted by Gasteiger charge is -2.36. The minimum atomic E-state index is 0.530. The molecule has 0 aromatic heterocycles. The summed E-state index contributed by atoms with van der Waals surface area (Å²) in [4.78, 5) is 0. The van der Waals surface area contributed by atoms with Crippen LogP contribution < -0.4 is 5.32 Å². The van der Waals surface area contributed by atoms with E-state index >= 15 is 0 Å². The molecule has 1 aromatic carbocycles. The third-order valence-electron chi connectivity index (χ3n) is 4.61. The van der Waals surface area contributed by atoms with Gasteiger partial charge in [0, 0.05) is 29.8 Å². The fraction of sp³-hybridized carbons (Fsp3) is 0.667. The Morgan fingerprint density at radius 1 is 1.19 bits per heavy atom. The second-order valence-electron chi connectivity index (χ2n) is 6.16. The van der Waals surface area contributed by atoms with E-state index in [9.17, 15) is 0 Å². The van der Waals surface area contributed by atoms with E-state index in [1.165, 1.54) is 32.1 Å². The fourth-order valence-corrected chi connectivity index (χ4v) is 5.09. The van der Waals surface area contributed by atoms with Gasteiger partial charge in [-0.15, -0.1) is 0 Å². The van der Waals surface area contributed by atoms with Crippen molar-refractivity contribution in [3.05, 3.63) is 35.4 Å². The van der Waals surface area contributed by atoms with E-state index in [4.69, 9.17) is 4.74 Å². The van der Waals surface area contributed by atoms with Crippen molar-refractivity contribution >= 4 is 11.8 Å². The number of rotatable bonds is 5. The summed E-state index contributed by atoms with van der Waals surface area (Å²) < 4.78 is 5.51. The maximum Gasteiger partial charge on any atom is 0.0476 e. The summed E-state index contributed by atoms with van der Waals surface area (Å²) >= 11 is 2.22. The van der Waals surface area contributed by atoms with Crippen LogP contribution in [0.25, 0.3) is 0 Å². The molecule has 0 spiro atoms. The molecule has 0 radical (unpaired) electrons. The molecular weight excluding hydrogens is 278 g/mol. The molecule has 2 aliphatic rings. The number of nitrogens with one attached hydrogen (secondary N) is 1. The van der Waals surface area contributed by atoms with Gasteiger partial charge in [-0.1, -0.05) is 31.2 Å². The van der Waals surface area contributed by atoms with E-state index in [2.05, 4.69) is 48.3 Å². The van der Waals surface area contributed by atoms with Gasteiger partial charge in [0.25, 0.3) is 0 Å². The normalized spacial score (nSPS) is 26.5. The van der Waals surface area contributed by atoms with Crippen molar-refractivity contribution in [2.45, 2.75) is 55.6 Å². The third-order valence-corrected chi connectivity index (χ3v) is 6.32. The molecule has 1 aromatic rings. The summed E-state index contributed by atoms with van der Waals surface area (Å²) in [6.07, 6.45) is 6.20. The zero-order valence-corrected chi connectivity index (χ0v) is 13.8. The number of hydrogen-bond acceptors (Lipinski definition) is 3. The third kappa shape index (κ3) is 3.82. The van der Waals surface area contributed by atoms with Gasteiger partial charge >= 0.3 is 0 Å². The lowest BCUT2D eigenvalue weighted by molar-refractivity contribution is 0.0998. The van der Waals surface area contributed by atoms with E-state index in [1.54, 1.807) is 11.1 Å². The second kappa shape index (κ2) is 7.66. The Hall–Kier alpha value is -0.510. The second-order valence-corrected chi connectivity index (χ2v) is 7.70. The number of fused-ring (bicyclic) bond motifs is 1. The first-order valence-electron chi connectivity index (χ1n) is 8.43. The Labute approximate surface area is 133 Å². The highest BCUT2D eigenvalue weighted by Crippen LogP contribution is 2.40. The molecule has 1 fully saturated rings. The zero-order valence-electron chi connectivity index (χ0n) is 13.0. The van der Waals surface area contributed by atoms with E-state index in [0.29, 0.717) is 6.04 Å². The first-order valence-corrected chi connectivity index (χ1v) is 9.37. The molecule has 0 bridgehead atoms. The molecule has 0 saturated carbocycles. The number of benzene rings is 1. The van der Waals surface area contributed by atoms with Gasteiger partial charge in [-0.2, -0.15) is 11.8 Å². The smallest absolute Gasteiger partial charge is 0.0476 e. The van der Waals surface area contributed by atoms with Crippen molar-refractivity contribution in [1.29, 1.82) is 0 Å². The van der Waals surface area contributed by atoms with Crippen LogP contribution in [0.1, 0.15) is 49.8 Å². The molecule has 21 heavy (non-hydrogen) atoms. The summed E-state index contributed by atoms with van der Waals surface area (Å²) in [7, 11) is 0. The molecule has 1 aliphatic heterocycles. The van der Waals surface area contributed by atoms with Crippen LogP contribution in [0.5, 0.6) is 0 Å². The van der Waals surface area contributed by atoms with Crippen molar-refractivity contribution in [2.75, 3.05) is 19.8 Å². The van der Waals surface area contributed by atoms with E-state index in [0.717, 1.165) is 30.3 Å². The number of ether oxygens (including phenoxy) is 1. The topological polar surface area (TPSA) is 21.3 Å². The minimum absolute atomic E-state index is 0.530. The Balaban J connectivity index is 1.72. The molecule has 1 N–H and O–H groups in total. The summed E-state index contributed by atoms with van der Waals surface area (Å²) in [5.41, 5.74) is 3.09. The van der Waals surface area contributed by atoms with Crippen molar-refractivity contribution in [3.8, 4) is 0 Å². The predicted octanol–water partition coefficient (Wildman–Crippen LogP) is 3.95. The first-order chi connectivity index (χ1) is 10.4. The molecule has 116 valence electrons. The van der Waals surface area contributed by atoms with Crippen molar-refractivity contribution in [2.24, 2.45) is 0 Å². The van der Waals surface area contributed by atoms with Crippen LogP contribution in [0.2, 0.25) is 0 Å². The van der Waals surface area contributed by atoms with Crippen LogP contribution in [0.4, 0.5) is 0 Å². The SMILES string of the molecule is CCCNC1c2ccccc2CCC1SC1CCOCC1. The molecule has 2 unspecified atom stereocenters. The summed E-state index contributed by atoms with van der Waals surface area (Å²) in [6, 6.07) is 9.55. The van der Waals surface area contributed by atoms with Gasteiger partial charge in [-0.05, 0) is 49.8 Å². The minimum Gasteiger partial charge on any atom is -0.381 e. The Morgan fingerprint density at radius 3 is 2.81 bits per heavy atom. The zero-order chi connectivity index (χ0) is 14.5. The van der Waals surface area contributed by atoms with Gasteiger partial charge in [-0.25, -0.2) is 0 Å².